The van der Waals surface area contributed by atoms with Crippen LogP contribution in [-0.2, 0) is 9.84 Å². The summed E-state index contributed by atoms with van der Waals surface area (Å²) in [6.45, 7) is 6.71. The summed E-state index contributed by atoms with van der Waals surface area (Å²) in [6.07, 6.45) is 3.18. The van der Waals surface area contributed by atoms with Crippen LogP contribution in [-0.4, -0.2) is 26.1 Å². The van der Waals surface area contributed by atoms with Crippen LogP contribution in [0, 0.1) is 16.7 Å². The highest BCUT2D eigenvalue weighted by atomic mass is 32.2. The van der Waals surface area contributed by atoms with E-state index in [1.165, 1.54) is 18.6 Å². The molecule has 1 aromatic rings. The SMILES string of the molecule is CC1(C)[C@H]2CC[C@@]1(C)[C@H](NC(=O)c1ccc(S(=O)(=O)C(F)F)cc1)C2. The molecular weight excluding hydrogens is 348 g/mol. The largest absolute Gasteiger partial charge is 0.349 e. The maximum atomic E-state index is 12.6. The van der Waals surface area contributed by atoms with Gasteiger partial charge in [-0.1, -0.05) is 20.8 Å². The molecule has 4 nitrogen and oxygen atoms in total. The van der Waals surface area contributed by atoms with E-state index < -0.39 is 20.5 Å². The second-order valence-electron chi connectivity index (χ2n) is 7.97. The van der Waals surface area contributed by atoms with E-state index in [1.54, 1.807) is 0 Å². The number of hydrogen-bond acceptors (Lipinski definition) is 3. The van der Waals surface area contributed by atoms with Gasteiger partial charge in [0.05, 0.1) is 4.90 Å². The predicted octanol–water partition coefficient (Wildman–Crippen LogP) is 3.63. The van der Waals surface area contributed by atoms with E-state index in [2.05, 4.69) is 26.1 Å². The fraction of sp³-hybridized carbons (Fsp3) is 0.611. The van der Waals surface area contributed by atoms with Gasteiger partial charge in [-0.3, -0.25) is 4.79 Å². The molecule has 2 fully saturated rings. The summed E-state index contributed by atoms with van der Waals surface area (Å²) in [5, 5.41) is 3.07. The van der Waals surface area contributed by atoms with Gasteiger partial charge >= 0.3 is 5.76 Å². The Balaban J connectivity index is 1.75. The molecule has 0 radical (unpaired) electrons. The molecule has 2 saturated carbocycles. The van der Waals surface area contributed by atoms with Crippen LogP contribution < -0.4 is 5.32 Å². The van der Waals surface area contributed by atoms with Gasteiger partial charge in [-0.2, -0.15) is 8.78 Å². The topological polar surface area (TPSA) is 63.2 Å². The Morgan fingerprint density at radius 3 is 2.24 bits per heavy atom. The van der Waals surface area contributed by atoms with Crippen LogP contribution in [0.25, 0.3) is 0 Å². The molecule has 0 aliphatic heterocycles. The van der Waals surface area contributed by atoms with Crippen LogP contribution >= 0.6 is 0 Å². The monoisotopic (exact) mass is 371 g/mol. The van der Waals surface area contributed by atoms with E-state index in [-0.39, 0.29) is 28.3 Å². The lowest BCUT2D eigenvalue weighted by atomic mass is 9.69. The number of rotatable bonds is 4. The minimum Gasteiger partial charge on any atom is -0.349 e. The van der Waals surface area contributed by atoms with Crippen molar-refractivity contribution in [2.75, 3.05) is 0 Å². The van der Waals surface area contributed by atoms with Gasteiger partial charge in [0.2, 0.25) is 9.84 Å². The van der Waals surface area contributed by atoms with Gasteiger partial charge in [0.1, 0.15) is 0 Å². The Bertz CT molecular complexity index is 789. The second-order valence-corrected chi connectivity index (χ2v) is 9.88. The number of carbonyl (C=O) groups excluding carboxylic acids is 1. The molecule has 2 aliphatic carbocycles. The minimum absolute atomic E-state index is 0.0340. The van der Waals surface area contributed by atoms with Crippen LogP contribution in [0.5, 0.6) is 0 Å². The lowest BCUT2D eigenvalue weighted by Crippen LogP contribution is -2.46. The van der Waals surface area contributed by atoms with E-state index in [1.807, 2.05) is 0 Å². The zero-order valence-electron chi connectivity index (χ0n) is 14.6. The van der Waals surface area contributed by atoms with Crippen molar-refractivity contribution in [1.29, 1.82) is 0 Å². The van der Waals surface area contributed by atoms with Gasteiger partial charge < -0.3 is 5.32 Å². The molecule has 0 aromatic heterocycles. The number of halogens is 2. The molecule has 0 unspecified atom stereocenters. The van der Waals surface area contributed by atoms with Gasteiger partial charge in [-0.25, -0.2) is 8.42 Å². The summed E-state index contributed by atoms with van der Waals surface area (Å²) in [5.41, 5.74) is 0.476. The summed E-state index contributed by atoms with van der Waals surface area (Å²) in [6, 6.07) is 4.75. The highest BCUT2D eigenvalue weighted by Gasteiger charge is 2.61. The number of sulfone groups is 1. The fourth-order valence-electron chi connectivity index (χ4n) is 4.56. The Kier molecular flexibility index (Phi) is 4.21. The number of fused-ring (bicyclic) bond motifs is 2. The maximum absolute atomic E-state index is 12.6. The maximum Gasteiger partial charge on any atom is 0.341 e. The lowest BCUT2D eigenvalue weighted by molar-refractivity contribution is 0.0826. The molecule has 3 atom stereocenters. The molecule has 0 saturated heterocycles. The van der Waals surface area contributed by atoms with Crippen LogP contribution in [0.4, 0.5) is 8.78 Å². The lowest BCUT2D eigenvalue weighted by Gasteiger charge is -2.39. The minimum atomic E-state index is -4.64. The Labute approximate surface area is 146 Å². The molecule has 1 N–H and O–H groups in total. The fourth-order valence-corrected chi connectivity index (χ4v) is 5.28. The summed E-state index contributed by atoms with van der Waals surface area (Å²) in [4.78, 5) is 12.0. The third kappa shape index (κ3) is 2.67. The molecule has 3 rings (SSSR count). The average Bonchev–Trinajstić information content (AvgIpc) is 2.88. The van der Waals surface area contributed by atoms with Crippen molar-refractivity contribution in [3.63, 3.8) is 0 Å². The Morgan fingerprint density at radius 1 is 1.20 bits per heavy atom. The van der Waals surface area contributed by atoms with Crippen molar-refractivity contribution in [1.82, 2.24) is 5.32 Å². The molecule has 2 bridgehead atoms. The van der Waals surface area contributed by atoms with Crippen molar-refractivity contribution in [2.24, 2.45) is 16.7 Å². The molecule has 0 spiro atoms. The molecule has 25 heavy (non-hydrogen) atoms. The summed E-state index contributed by atoms with van der Waals surface area (Å²) >= 11 is 0. The molecule has 2 aliphatic rings. The molecule has 7 heteroatoms. The van der Waals surface area contributed by atoms with Crippen molar-refractivity contribution < 1.29 is 22.0 Å². The van der Waals surface area contributed by atoms with Crippen LogP contribution in [0.3, 0.4) is 0 Å². The molecule has 0 heterocycles. The third-order valence-electron chi connectivity index (χ3n) is 6.78. The zero-order valence-corrected chi connectivity index (χ0v) is 15.4. The van der Waals surface area contributed by atoms with E-state index in [9.17, 15) is 22.0 Å². The van der Waals surface area contributed by atoms with Crippen molar-refractivity contribution >= 4 is 15.7 Å². The van der Waals surface area contributed by atoms with E-state index in [4.69, 9.17) is 0 Å². The first-order chi connectivity index (χ1) is 11.5. The molecular formula is C18H23F2NO3S. The molecule has 138 valence electrons. The quantitative estimate of drug-likeness (QED) is 0.879. The van der Waals surface area contributed by atoms with Gasteiger partial charge in [0.25, 0.3) is 5.91 Å². The zero-order chi connectivity index (χ0) is 18.6. The summed E-state index contributed by atoms with van der Waals surface area (Å²) < 4.78 is 48.0. The number of amides is 1. The number of benzene rings is 1. The normalized spacial score (nSPS) is 30.6. The summed E-state index contributed by atoms with van der Waals surface area (Å²) in [7, 11) is -4.64. The Morgan fingerprint density at radius 2 is 1.80 bits per heavy atom. The number of alkyl halides is 2. The summed E-state index contributed by atoms with van der Waals surface area (Å²) in [5.74, 6) is -3.18. The van der Waals surface area contributed by atoms with Crippen molar-refractivity contribution in [3.8, 4) is 0 Å². The first-order valence-electron chi connectivity index (χ1n) is 8.43. The van der Waals surface area contributed by atoms with Gasteiger partial charge in [-0.05, 0) is 60.3 Å². The van der Waals surface area contributed by atoms with Crippen LogP contribution in [0.1, 0.15) is 50.4 Å². The average molecular weight is 371 g/mol. The van der Waals surface area contributed by atoms with Crippen LogP contribution in [0.15, 0.2) is 29.2 Å². The molecule has 1 amide bonds. The van der Waals surface area contributed by atoms with Crippen molar-refractivity contribution in [3.05, 3.63) is 29.8 Å². The number of hydrogen-bond donors (Lipinski definition) is 1. The number of nitrogens with one attached hydrogen (secondary N) is 1. The third-order valence-corrected chi connectivity index (χ3v) is 8.18. The van der Waals surface area contributed by atoms with E-state index in [0.29, 0.717) is 5.92 Å². The predicted molar refractivity (Wildman–Crippen MR) is 90.1 cm³/mol. The molecule has 1 aromatic carbocycles. The van der Waals surface area contributed by atoms with Crippen molar-refractivity contribution in [2.45, 2.75) is 56.7 Å². The highest BCUT2D eigenvalue weighted by molar-refractivity contribution is 7.91. The smallest absolute Gasteiger partial charge is 0.341 e. The van der Waals surface area contributed by atoms with Gasteiger partial charge in [-0.15, -0.1) is 0 Å². The van der Waals surface area contributed by atoms with E-state index in [0.717, 1.165) is 25.0 Å². The van der Waals surface area contributed by atoms with E-state index >= 15 is 0 Å². The second kappa shape index (κ2) is 5.76. The first-order valence-corrected chi connectivity index (χ1v) is 9.98. The first kappa shape index (κ1) is 18.3. The van der Waals surface area contributed by atoms with Gasteiger partial charge in [0, 0.05) is 11.6 Å². The van der Waals surface area contributed by atoms with Crippen LogP contribution in [0.2, 0.25) is 0 Å². The highest BCUT2D eigenvalue weighted by Crippen LogP contribution is 2.65. The Hall–Kier alpha value is -1.50. The van der Waals surface area contributed by atoms with Gasteiger partial charge in [0.15, 0.2) is 0 Å². The standard InChI is InChI=1S/C18H23F2NO3S/c1-17(2)12-8-9-18(17,3)14(10-12)21-15(22)11-4-6-13(7-5-11)25(23,24)16(19)20/h4-7,12,14,16H,8-10H2,1-3H3,(H,21,22)/t12-,14+,18-/m0/s1. The number of carbonyl (C=O) groups is 1.